The van der Waals surface area contributed by atoms with Crippen molar-refractivity contribution in [3.8, 4) is 17.2 Å². The maximum atomic E-state index is 12.8. The van der Waals surface area contributed by atoms with Gasteiger partial charge in [-0.3, -0.25) is 0 Å². The third-order valence-corrected chi connectivity index (χ3v) is 8.73. The zero-order valence-corrected chi connectivity index (χ0v) is 25.2. The minimum absolute atomic E-state index is 0.291. The second-order valence-corrected chi connectivity index (χ2v) is 11.3. The highest BCUT2D eigenvalue weighted by atomic mass is 28.4. The summed E-state index contributed by atoms with van der Waals surface area (Å²) in [6, 6.07) is 12.6. The predicted octanol–water partition coefficient (Wildman–Crippen LogP) is 6.09. The number of hydrogen-bond donors (Lipinski definition) is 0. The zero-order chi connectivity index (χ0) is 29.2. The van der Waals surface area contributed by atoms with Crippen LogP contribution in [0.15, 0.2) is 48.5 Å². The van der Waals surface area contributed by atoms with Gasteiger partial charge in [0.15, 0.2) is 11.5 Å². The van der Waals surface area contributed by atoms with Crippen molar-refractivity contribution in [2.75, 3.05) is 40.1 Å². The standard InChI is InChI=1S/C30H42O9Si/c1-6-20-35-28-23-24(13-19-29(31)33-5)12-18-27(28)39-30(32)25-14-16-26(17-15-25)34-21-10-11-22-40(36-7-2,37-8-3)38-9-4/h12-19,23H,6-11,20-22H2,1-5H3/b19-13+. The molecule has 0 saturated carbocycles. The fraction of sp³-hybridized carbons (Fsp3) is 0.467. The van der Waals surface area contributed by atoms with Crippen LogP contribution in [0, 0.1) is 0 Å². The first-order valence-corrected chi connectivity index (χ1v) is 15.7. The summed E-state index contributed by atoms with van der Waals surface area (Å²) < 4.78 is 39.6. The van der Waals surface area contributed by atoms with E-state index in [9.17, 15) is 9.59 Å². The van der Waals surface area contributed by atoms with Gasteiger partial charge in [0.25, 0.3) is 0 Å². The Morgan fingerprint density at radius 3 is 2.08 bits per heavy atom. The van der Waals surface area contributed by atoms with Crippen LogP contribution in [-0.2, 0) is 22.8 Å². The van der Waals surface area contributed by atoms with E-state index < -0.39 is 20.7 Å². The van der Waals surface area contributed by atoms with E-state index in [-0.39, 0.29) is 0 Å². The van der Waals surface area contributed by atoms with Gasteiger partial charge in [0.05, 0.1) is 25.9 Å². The molecule has 0 unspecified atom stereocenters. The number of benzene rings is 2. The number of carbonyl (C=O) groups excluding carboxylic acids is 2. The summed E-state index contributed by atoms with van der Waals surface area (Å²) in [5.74, 6) is 0.377. The molecule has 0 aliphatic heterocycles. The number of carbonyl (C=O) groups is 2. The average Bonchev–Trinajstić information content (AvgIpc) is 2.96. The Balaban J connectivity index is 1.93. The van der Waals surface area contributed by atoms with Gasteiger partial charge in [-0.05, 0) is 88.1 Å². The van der Waals surface area contributed by atoms with Crippen molar-refractivity contribution in [1.82, 2.24) is 0 Å². The Bertz CT molecular complexity index is 1050. The van der Waals surface area contributed by atoms with E-state index >= 15 is 0 Å². The second kappa shape index (κ2) is 18.2. The molecule has 9 nitrogen and oxygen atoms in total. The van der Waals surface area contributed by atoms with Crippen molar-refractivity contribution < 1.29 is 41.8 Å². The number of rotatable bonds is 19. The number of hydrogen-bond acceptors (Lipinski definition) is 9. The van der Waals surface area contributed by atoms with Crippen molar-refractivity contribution in [1.29, 1.82) is 0 Å². The highest BCUT2D eigenvalue weighted by Gasteiger charge is 2.39. The molecule has 220 valence electrons. The van der Waals surface area contributed by atoms with Gasteiger partial charge in [-0.2, -0.15) is 0 Å². The number of esters is 2. The lowest BCUT2D eigenvalue weighted by Gasteiger charge is -2.28. The molecule has 0 spiro atoms. The highest BCUT2D eigenvalue weighted by molar-refractivity contribution is 6.60. The van der Waals surface area contributed by atoms with E-state index in [1.165, 1.54) is 13.2 Å². The highest BCUT2D eigenvalue weighted by Crippen LogP contribution is 2.30. The van der Waals surface area contributed by atoms with E-state index in [1.54, 1.807) is 48.5 Å². The van der Waals surface area contributed by atoms with E-state index in [0.717, 1.165) is 25.3 Å². The predicted molar refractivity (Wildman–Crippen MR) is 155 cm³/mol. The van der Waals surface area contributed by atoms with E-state index in [2.05, 4.69) is 4.74 Å². The van der Waals surface area contributed by atoms with Gasteiger partial charge in [0.2, 0.25) is 0 Å². The summed E-state index contributed by atoms with van der Waals surface area (Å²) in [6.45, 7) is 10.5. The van der Waals surface area contributed by atoms with Crippen LogP contribution >= 0.6 is 0 Å². The van der Waals surface area contributed by atoms with Crippen LogP contribution in [0.5, 0.6) is 17.2 Å². The summed E-state index contributed by atoms with van der Waals surface area (Å²) in [5, 5.41) is 0. The van der Waals surface area contributed by atoms with Crippen molar-refractivity contribution in [2.45, 2.75) is 53.0 Å². The van der Waals surface area contributed by atoms with Crippen molar-refractivity contribution in [3.63, 3.8) is 0 Å². The molecule has 0 aromatic heterocycles. The normalized spacial score (nSPS) is 11.4. The minimum atomic E-state index is -2.64. The van der Waals surface area contributed by atoms with Crippen LogP contribution in [0.2, 0.25) is 6.04 Å². The molecule has 0 atom stereocenters. The molecule has 0 fully saturated rings. The summed E-state index contributed by atoms with van der Waals surface area (Å²) in [5.41, 5.74) is 1.09. The number of unbranched alkanes of at least 4 members (excludes halogenated alkanes) is 1. The molecule has 40 heavy (non-hydrogen) atoms. The Morgan fingerprint density at radius 1 is 0.800 bits per heavy atom. The van der Waals surface area contributed by atoms with Crippen LogP contribution in [0.1, 0.15) is 62.9 Å². The largest absolute Gasteiger partial charge is 0.500 e. The van der Waals surface area contributed by atoms with Crippen LogP contribution < -0.4 is 14.2 Å². The summed E-state index contributed by atoms with van der Waals surface area (Å²) in [4.78, 5) is 24.2. The quantitative estimate of drug-likeness (QED) is 0.0649. The molecule has 0 amide bonds. The smallest absolute Gasteiger partial charge is 0.494 e. The molecule has 0 aliphatic rings. The summed E-state index contributed by atoms with van der Waals surface area (Å²) in [7, 11) is -1.33. The van der Waals surface area contributed by atoms with Gasteiger partial charge < -0.3 is 32.2 Å². The lowest BCUT2D eigenvalue weighted by Crippen LogP contribution is -2.45. The van der Waals surface area contributed by atoms with Gasteiger partial charge in [0, 0.05) is 31.9 Å². The van der Waals surface area contributed by atoms with Crippen LogP contribution in [0.4, 0.5) is 0 Å². The Morgan fingerprint density at radius 2 is 1.48 bits per heavy atom. The molecule has 0 bridgehead atoms. The summed E-state index contributed by atoms with van der Waals surface area (Å²) in [6.07, 6.45) is 5.37. The van der Waals surface area contributed by atoms with Gasteiger partial charge in [0.1, 0.15) is 5.75 Å². The first-order chi connectivity index (χ1) is 19.4. The first kappa shape index (κ1) is 33.0. The molecule has 0 radical (unpaired) electrons. The molecule has 0 N–H and O–H groups in total. The monoisotopic (exact) mass is 574 g/mol. The van der Waals surface area contributed by atoms with Gasteiger partial charge >= 0.3 is 20.7 Å². The second-order valence-electron chi connectivity index (χ2n) is 8.61. The summed E-state index contributed by atoms with van der Waals surface area (Å²) >= 11 is 0. The average molecular weight is 575 g/mol. The molecule has 2 rings (SSSR count). The Labute approximate surface area is 238 Å². The molecular weight excluding hydrogens is 532 g/mol. The lowest BCUT2D eigenvalue weighted by atomic mass is 10.2. The van der Waals surface area contributed by atoms with Gasteiger partial charge in [-0.15, -0.1) is 0 Å². The Kier molecular flexibility index (Phi) is 15.0. The fourth-order valence-corrected chi connectivity index (χ4v) is 6.44. The number of methoxy groups -OCH3 is 1. The first-order valence-electron chi connectivity index (χ1n) is 13.8. The van der Waals surface area contributed by atoms with Crippen molar-refractivity contribution >= 4 is 26.8 Å². The fourth-order valence-electron chi connectivity index (χ4n) is 3.75. The molecule has 0 saturated heterocycles. The topological polar surface area (TPSA) is 98.8 Å². The van der Waals surface area contributed by atoms with Crippen molar-refractivity contribution in [3.05, 3.63) is 59.7 Å². The number of ether oxygens (including phenoxy) is 4. The van der Waals surface area contributed by atoms with Gasteiger partial charge in [-0.25, -0.2) is 9.59 Å². The molecule has 2 aromatic carbocycles. The molecule has 10 heteroatoms. The molecule has 2 aromatic rings. The maximum absolute atomic E-state index is 12.8. The Hall–Kier alpha value is -3.18. The molecule has 0 heterocycles. The third-order valence-electron chi connectivity index (χ3n) is 5.57. The lowest BCUT2D eigenvalue weighted by molar-refractivity contribution is -0.134. The minimum Gasteiger partial charge on any atom is -0.494 e. The third kappa shape index (κ3) is 11.1. The molecule has 0 aliphatic carbocycles. The maximum Gasteiger partial charge on any atom is 0.500 e. The van der Waals surface area contributed by atoms with Crippen LogP contribution in [0.3, 0.4) is 0 Å². The van der Waals surface area contributed by atoms with Crippen molar-refractivity contribution in [2.24, 2.45) is 0 Å². The SMILES string of the molecule is CCCOc1cc(/C=C/C(=O)OC)ccc1OC(=O)c1ccc(OCCCC[Si](OCC)(OCC)OCC)cc1. The zero-order valence-electron chi connectivity index (χ0n) is 24.2. The van der Waals surface area contributed by atoms with E-state index in [4.69, 9.17) is 27.5 Å². The molecular formula is C30H42O9Si. The van der Waals surface area contributed by atoms with E-state index in [0.29, 0.717) is 61.4 Å². The van der Waals surface area contributed by atoms with Crippen LogP contribution in [-0.4, -0.2) is 60.9 Å². The van der Waals surface area contributed by atoms with E-state index in [1.807, 2.05) is 27.7 Å². The van der Waals surface area contributed by atoms with Crippen LogP contribution in [0.25, 0.3) is 6.08 Å². The van der Waals surface area contributed by atoms with Gasteiger partial charge in [-0.1, -0.05) is 13.0 Å².